The van der Waals surface area contributed by atoms with Crippen LogP contribution in [0.15, 0.2) is 85.1 Å². The molecule has 6 nitrogen and oxygen atoms in total. The molecule has 0 aromatic heterocycles. The predicted molar refractivity (Wildman–Crippen MR) is 302 cm³/mol. The highest BCUT2D eigenvalue weighted by molar-refractivity contribution is 5.71. The van der Waals surface area contributed by atoms with Crippen molar-refractivity contribution in [2.45, 2.75) is 290 Å². The molecule has 0 aliphatic rings. The molecule has 0 aliphatic carbocycles. The lowest BCUT2D eigenvalue weighted by Crippen LogP contribution is -2.30. The molecule has 0 N–H and O–H groups in total. The highest BCUT2D eigenvalue weighted by Gasteiger charge is 2.19. The molecular weight excluding hydrogens is 865 g/mol. The summed E-state index contributed by atoms with van der Waals surface area (Å²) >= 11 is 0. The van der Waals surface area contributed by atoms with Gasteiger partial charge in [-0.2, -0.15) is 0 Å². The maximum absolute atomic E-state index is 12.9. The van der Waals surface area contributed by atoms with Gasteiger partial charge in [0.05, 0.1) is 0 Å². The smallest absolute Gasteiger partial charge is 0.306 e. The van der Waals surface area contributed by atoms with Crippen LogP contribution >= 0.6 is 0 Å². The molecule has 6 heteroatoms. The van der Waals surface area contributed by atoms with Gasteiger partial charge in [0.2, 0.25) is 0 Å². The van der Waals surface area contributed by atoms with Gasteiger partial charge in [0.25, 0.3) is 0 Å². The Bertz CT molecular complexity index is 1350. The number of hydrogen-bond acceptors (Lipinski definition) is 6. The molecule has 0 aliphatic heterocycles. The van der Waals surface area contributed by atoms with Gasteiger partial charge in [-0.1, -0.05) is 286 Å². The van der Waals surface area contributed by atoms with E-state index in [1.165, 1.54) is 141 Å². The molecule has 0 rings (SSSR count). The quantitative estimate of drug-likeness (QED) is 0.0261. The highest BCUT2D eigenvalue weighted by atomic mass is 16.6. The summed E-state index contributed by atoms with van der Waals surface area (Å²) in [6.07, 6.45) is 75.6. The van der Waals surface area contributed by atoms with E-state index in [0.29, 0.717) is 19.3 Å². The van der Waals surface area contributed by atoms with E-state index in [1.54, 1.807) is 0 Å². The zero-order valence-corrected chi connectivity index (χ0v) is 46.0. The van der Waals surface area contributed by atoms with E-state index in [1.807, 2.05) is 24.3 Å². The van der Waals surface area contributed by atoms with E-state index < -0.39 is 6.10 Å². The van der Waals surface area contributed by atoms with Crippen molar-refractivity contribution in [1.29, 1.82) is 0 Å². The SMILES string of the molecule is CCC\C=C/C=C\C=C/C=C\C=C/CCCCCCCC(=O)OCC(COC(=O)CCCCCCCCCCCCCCCCCC)OC(=O)CCCCCCC/C=C\C=C/CCCCCCCCC. The summed E-state index contributed by atoms with van der Waals surface area (Å²) < 4.78 is 16.9. The summed E-state index contributed by atoms with van der Waals surface area (Å²) in [5.41, 5.74) is 0. The van der Waals surface area contributed by atoms with Crippen LogP contribution in [0, 0.1) is 0 Å². The molecule has 0 heterocycles. The van der Waals surface area contributed by atoms with Crippen molar-refractivity contribution in [3.8, 4) is 0 Å². The average Bonchev–Trinajstić information content (AvgIpc) is 3.36. The van der Waals surface area contributed by atoms with E-state index in [2.05, 4.69) is 81.5 Å². The van der Waals surface area contributed by atoms with E-state index in [4.69, 9.17) is 14.2 Å². The second-order valence-corrected chi connectivity index (χ2v) is 19.7. The molecular formula is C64H110O6. The fraction of sp³-hybridized carbons (Fsp3) is 0.734. The maximum Gasteiger partial charge on any atom is 0.306 e. The van der Waals surface area contributed by atoms with Crippen molar-refractivity contribution in [2.24, 2.45) is 0 Å². The third kappa shape index (κ3) is 55.5. The van der Waals surface area contributed by atoms with Gasteiger partial charge >= 0.3 is 17.9 Å². The molecule has 0 fully saturated rings. The zero-order valence-electron chi connectivity index (χ0n) is 46.0. The number of esters is 3. The maximum atomic E-state index is 12.9. The first-order chi connectivity index (χ1) is 34.5. The van der Waals surface area contributed by atoms with E-state index in [0.717, 1.165) is 103 Å². The van der Waals surface area contributed by atoms with Gasteiger partial charge in [0.15, 0.2) is 6.10 Å². The molecule has 0 amide bonds. The van der Waals surface area contributed by atoms with Gasteiger partial charge in [0.1, 0.15) is 13.2 Å². The average molecular weight is 976 g/mol. The first kappa shape index (κ1) is 66.6. The molecule has 0 spiro atoms. The van der Waals surface area contributed by atoms with E-state index in [-0.39, 0.29) is 31.1 Å². The first-order valence-corrected chi connectivity index (χ1v) is 29.7. The Labute approximate surface area is 433 Å². The topological polar surface area (TPSA) is 78.9 Å². The van der Waals surface area contributed by atoms with Crippen LogP contribution in [0.1, 0.15) is 284 Å². The van der Waals surface area contributed by atoms with Crippen LogP contribution in [0.5, 0.6) is 0 Å². The lowest BCUT2D eigenvalue weighted by atomic mass is 10.0. The van der Waals surface area contributed by atoms with Crippen molar-refractivity contribution in [1.82, 2.24) is 0 Å². The second kappa shape index (κ2) is 58.2. The van der Waals surface area contributed by atoms with Crippen LogP contribution in [0.25, 0.3) is 0 Å². The zero-order chi connectivity index (χ0) is 50.7. The van der Waals surface area contributed by atoms with Crippen LogP contribution in [0.4, 0.5) is 0 Å². The summed E-state index contributed by atoms with van der Waals surface area (Å²) in [5.74, 6) is -0.921. The third-order valence-corrected chi connectivity index (χ3v) is 12.8. The lowest BCUT2D eigenvalue weighted by molar-refractivity contribution is -0.167. The Balaban J connectivity index is 4.46. The Morgan fingerprint density at radius 2 is 0.543 bits per heavy atom. The minimum atomic E-state index is -0.795. The molecule has 1 unspecified atom stereocenters. The molecule has 0 aromatic carbocycles. The van der Waals surface area contributed by atoms with Gasteiger partial charge in [-0.3, -0.25) is 14.4 Å². The summed E-state index contributed by atoms with van der Waals surface area (Å²) in [7, 11) is 0. The fourth-order valence-corrected chi connectivity index (χ4v) is 8.29. The van der Waals surface area contributed by atoms with Gasteiger partial charge in [-0.05, 0) is 64.2 Å². The molecule has 0 aromatic rings. The number of unbranched alkanes of at least 4 members (excludes halogenated alkanes) is 33. The number of ether oxygens (including phenoxy) is 3. The molecule has 0 radical (unpaired) electrons. The molecule has 402 valence electrons. The van der Waals surface area contributed by atoms with Crippen molar-refractivity contribution < 1.29 is 28.6 Å². The van der Waals surface area contributed by atoms with Crippen LogP contribution in [-0.2, 0) is 28.6 Å². The molecule has 70 heavy (non-hydrogen) atoms. The molecule has 0 bridgehead atoms. The molecule has 0 saturated carbocycles. The van der Waals surface area contributed by atoms with E-state index >= 15 is 0 Å². The highest BCUT2D eigenvalue weighted by Crippen LogP contribution is 2.16. The Kier molecular flexibility index (Phi) is 55.3. The predicted octanol–water partition coefficient (Wildman–Crippen LogP) is 19.9. The minimum absolute atomic E-state index is 0.0895. The second-order valence-electron chi connectivity index (χ2n) is 19.7. The van der Waals surface area contributed by atoms with Crippen molar-refractivity contribution in [2.75, 3.05) is 13.2 Å². The summed E-state index contributed by atoms with van der Waals surface area (Å²) in [5, 5.41) is 0. The van der Waals surface area contributed by atoms with Gasteiger partial charge in [-0.25, -0.2) is 0 Å². The number of hydrogen-bond donors (Lipinski definition) is 0. The van der Waals surface area contributed by atoms with Crippen molar-refractivity contribution >= 4 is 17.9 Å². The Morgan fingerprint density at radius 1 is 0.286 bits per heavy atom. The Morgan fingerprint density at radius 3 is 0.871 bits per heavy atom. The Hall–Kier alpha value is -3.41. The number of rotatable bonds is 53. The first-order valence-electron chi connectivity index (χ1n) is 29.7. The fourth-order valence-electron chi connectivity index (χ4n) is 8.29. The van der Waals surface area contributed by atoms with Gasteiger partial charge < -0.3 is 14.2 Å². The normalized spacial score (nSPS) is 12.7. The van der Waals surface area contributed by atoms with Crippen molar-refractivity contribution in [3.63, 3.8) is 0 Å². The number of carbonyl (C=O) groups is 3. The van der Waals surface area contributed by atoms with Crippen LogP contribution in [0.2, 0.25) is 0 Å². The summed E-state index contributed by atoms with van der Waals surface area (Å²) in [6, 6.07) is 0. The standard InChI is InChI=1S/C64H110O6/c1-4-7-10-13-16-19-22-25-28-31-33-36-39-42-45-48-51-54-57-63(66)69-60-61(59-68-62(65)56-53-50-47-44-41-38-35-30-27-24-21-18-15-12-9-6-3)70-64(67)58-55-52-49-46-43-40-37-34-32-29-26-23-20-17-14-11-8-5-2/h10,13,16,19,22,25,28-29,31-34,36-37,61H,4-9,11-12,14-15,17-18,20-21,23-24,26-27,30,35,38-60H2,1-3H3/b13-10-,19-16-,25-22-,31-28-,32-29-,36-33-,37-34-. The summed E-state index contributed by atoms with van der Waals surface area (Å²) in [4.78, 5) is 38.2. The van der Waals surface area contributed by atoms with Crippen molar-refractivity contribution in [3.05, 3.63) is 85.1 Å². The van der Waals surface area contributed by atoms with Gasteiger partial charge in [0, 0.05) is 19.3 Å². The monoisotopic (exact) mass is 975 g/mol. The van der Waals surface area contributed by atoms with Crippen LogP contribution in [-0.4, -0.2) is 37.2 Å². The lowest BCUT2D eigenvalue weighted by Gasteiger charge is -2.18. The molecule has 0 saturated heterocycles. The van der Waals surface area contributed by atoms with Crippen LogP contribution < -0.4 is 0 Å². The summed E-state index contributed by atoms with van der Waals surface area (Å²) in [6.45, 7) is 6.54. The number of allylic oxidation sites excluding steroid dienone is 14. The van der Waals surface area contributed by atoms with Gasteiger partial charge in [-0.15, -0.1) is 0 Å². The third-order valence-electron chi connectivity index (χ3n) is 12.8. The minimum Gasteiger partial charge on any atom is -0.462 e. The van der Waals surface area contributed by atoms with Crippen LogP contribution in [0.3, 0.4) is 0 Å². The number of carbonyl (C=O) groups excluding carboxylic acids is 3. The molecule has 1 atom stereocenters. The van der Waals surface area contributed by atoms with E-state index in [9.17, 15) is 14.4 Å². The largest absolute Gasteiger partial charge is 0.462 e.